The van der Waals surface area contributed by atoms with Crippen molar-refractivity contribution in [2.75, 3.05) is 0 Å². The highest BCUT2D eigenvalue weighted by Crippen LogP contribution is 2.21. The Kier molecular flexibility index (Phi) is 4.78. The van der Waals surface area contributed by atoms with E-state index < -0.39 is 0 Å². The summed E-state index contributed by atoms with van der Waals surface area (Å²) in [4.78, 5) is 4.26. The number of rotatable bonds is 6. The number of nitrogens with one attached hydrogen (secondary N) is 1. The molecule has 0 fully saturated rings. The topological polar surface area (TPSA) is 60.6 Å². The second-order valence-corrected chi connectivity index (χ2v) is 6.26. The SMILES string of the molecule is CCCCn1nc(C)c(CN[C@@H]2CCc3ncnn3C2)c1Cl. The second-order valence-electron chi connectivity index (χ2n) is 5.91. The van der Waals surface area contributed by atoms with Crippen molar-refractivity contribution in [3.63, 3.8) is 0 Å². The summed E-state index contributed by atoms with van der Waals surface area (Å²) < 4.78 is 3.91. The summed E-state index contributed by atoms with van der Waals surface area (Å²) in [7, 11) is 0. The van der Waals surface area contributed by atoms with E-state index in [4.69, 9.17) is 11.6 Å². The van der Waals surface area contributed by atoms with E-state index in [0.29, 0.717) is 6.04 Å². The third-order valence-electron chi connectivity index (χ3n) is 4.28. The summed E-state index contributed by atoms with van der Waals surface area (Å²) in [5.74, 6) is 1.08. The zero-order valence-corrected chi connectivity index (χ0v) is 14.0. The van der Waals surface area contributed by atoms with Crippen LogP contribution in [0.25, 0.3) is 0 Å². The molecule has 6 nitrogen and oxygen atoms in total. The van der Waals surface area contributed by atoms with Crippen LogP contribution in [0.4, 0.5) is 0 Å². The third kappa shape index (κ3) is 3.17. The maximum absolute atomic E-state index is 6.48. The average Bonchev–Trinajstić information content (AvgIpc) is 3.08. The molecule has 22 heavy (non-hydrogen) atoms. The van der Waals surface area contributed by atoms with E-state index in [0.717, 1.165) is 67.6 Å². The molecular formula is C15H23ClN6. The molecular weight excluding hydrogens is 300 g/mol. The van der Waals surface area contributed by atoms with Gasteiger partial charge in [0.25, 0.3) is 0 Å². The maximum Gasteiger partial charge on any atom is 0.138 e. The van der Waals surface area contributed by atoms with Gasteiger partial charge >= 0.3 is 0 Å². The van der Waals surface area contributed by atoms with Gasteiger partial charge in [0.05, 0.1) is 12.2 Å². The predicted molar refractivity (Wildman–Crippen MR) is 85.9 cm³/mol. The Morgan fingerprint density at radius 3 is 3.14 bits per heavy atom. The van der Waals surface area contributed by atoms with E-state index in [2.05, 4.69) is 27.4 Å². The fraction of sp³-hybridized carbons (Fsp3) is 0.667. The molecule has 0 unspecified atom stereocenters. The summed E-state index contributed by atoms with van der Waals surface area (Å²) in [6.07, 6.45) is 5.94. The van der Waals surface area contributed by atoms with Crippen molar-refractivity contribution < 1.29 is 0 Å². The number of aromatic nitrogens is 5. The fourth-order valence-electron chi connectivity index (χ4n) is 2.90. The van der Waals surface area contributed by atoms with E-state index in [9.17, 15) is 0 Å². The van der Waals surface area contributed by atoms with Crippen molar-refractivity contribution in [3.05, 3.63) is 28.6 Å². The van der Waals surface area contributed by atoms with Crippen LogP contribution in [0.3, 0.4) is 0 Å². The standard InChI is InChI=1S/C15H23ClN6/c1-3-4-7-21-15(16)13(11(2)20-21)8-17-12-5-6-14-18-10-19-22(14)9-12/h10,12,17H,3-9H2,1-2H3/t12-/m1/s1. The minimum atomic E-state index is 0.406. The zero-order valence-electron chi connectivity index (χ0n) is 13.2. The summed E-state index contributed by atoms with van der Waals surface area (Å²) in [6, 6.07) is 0.406. The highest BCUT2D eigenvalue weighted by molar-refractivity contribution is 6.30. The highest BCUT2D eigenvalue weighted by atomic mass is 35.5. The summed E-state index contributed by atoms with van der Waals surface area (Å²) in [5, 5.41) is 13.2. The molecule has 1 N–H and O–H groups in total. The van der Waals surface area contributed by atoms with Gasteiger partial charge in [0, 0.05) is 31.1 Å². The van der Waals surface area contributed by atoms with E-state index in [1.165, 1.54) is 0 Å². The van der Waals surface area contributed by atoms with E-state index in [1.54, 1.807) is 6.33 Å². The van der Waals surface area contributed by atoms with Crippen LogP contribution in [-0.2, 0) is 26.1 Å². The van der Waals surface area contributed by atoms with Gasteiger partial charge in [-0.25, -0.2) is 9.67 Å². The molecule has 3 heterocycles. The van der Waals surface area contributed by atoms with Crippen LogP contribution in [0.15, 0.2) is 6.33 Å². The Balaban J connectivity index is 1.61. The molecule has 0 saturated heterocycles. The first-order valence-electron chi connectivity index (χ1n) is 8.01. The summed E-state index contributed by atoms with van der Waals surface area (Å²) in [6.45, 7) is 6.72. The minimum Gasteiger partial charge on any atom is -0.308 e. The molecule has 0 radical (unpaired) electrons. The van der Waals surface area contributed by atoms with Gasteiger partial charge in [0.1, 0.15) is 17.3 Å². The first-order valence-corrected chi connectivity index (χ1v) is 8.38. The number of aryl methyl sites for hydroxylation is 3. The molecule has 0 aromatic carbocycles. The first-order chi connectivity index (χ1) is 10.7. The van der Waals surface area contributed by atoms with Crippen molar-refractivity contribution in [2.24, 2.45) is 0 Å². The van der Waals surface area contributed by atoms with Gasteiger partial charge in [0.2, 0.25) is 0 Å². The van der Waals surface area contributed by atoms with E-state index >= 15 is 0 Å². The van der Waals surface area contributed by atoms with Crippen molar-refractivity contribution in [3.8, 4) is 0 Å². The fourth-order valence-corrected chi connectivity index (χ4v) is 3.22. The molecule has 0 aliphatic carbocycles. The molecule has 0 amide bonds. The number of fused-ring (bicyclic) bond motifs is 1. The molecule has 2 aromatic heterocycles. The largest absolute Gasteiger partial charge is 0.308 e. The van der Waals surface area contributed by atoms with Crippen LogP contribution in [-0.4, -0.2) is 30.6 Å². The Hall–Kier alpha value is -1.40. The van der Waals surface area contributed by atoms with Crippen molar-refractivity contribution in [1.29, 1.82) is 0 Å². The van der Waals surface area contributed by atoms with Crippen molar-refractivity contribution in [2.45, 2.75) is 65.2 Å². The smallest absolute Gasteiger partial charge is 0.138 e. The van der Waals surface area contributed by atoms with Crippen molar-refractivity contribution in [1.82, 2.24) is 29.9 Å². The first kappa shape index (κ1) is 15.5. The predicted octanol–water partition coefficient (Wildman–Crippen LogP) is 2.34. The van der Waals surface area contributed by atoms with Crippen LogP contribution in [0.1, 0.15) is 43.3 Å². The summed E-state index contributed by atoms with van der Waals surface area (Å²) >= 11 is 6.48. The van der Waals surface area contributed by atoms with Gasteiger partial charge in [-0.05, 0) is 19.8 Å². The van der Waals surface area contributed by atoms with Gasteiger partial charge < -0.3 is 5.32 Å². The van der Waals surface area contributed by atoms with Crippen LogP contribution < -0.4 is 5.32 Å². The molecule has 2 aromatic rings. The summed E-state index contributed by atoms with van der Waals surface area (Å²) in [5.41, 5.74) is 2.13. The normalized spacial score (nSPS) is 17.7. The van der Waals surface area contributed by atoms with Gasteiger partial charge in [-0.15, -0.1) is 0 Å². The molecule has 1 aliphatic heterocycles. The lowest BCUT2D eigenvalue weighted by Gasteiger charge is -2.23. The molecule has 120 valence electrons. The van der Waals surface area contributed by atoms with E-state index in [-0.39, 0.29) is 0 Å². The van der Waals surface area contributed by atoms with E-state index in [1.807, 2.05) is 16.3 Å². The second kappa shape index (κ2) is 6.79. The van der Waals surface area contributed by atoms with Crippen LogP contribution in [0, 0.1) is 6.92 Å². The number of halogens is 1. The Bertz CT molecular complexity index is 632. The maximum atomic E-state index is 6.48. The molecule has 1 aliphatic rings. The van der Waals surface area contributed by atoms with Gasteiger partial charge in [-0.2, -0.15) is 10.2 Å². The third-order valence-corrected chi connectivity index (χ3v) is 4.70. The Morgan fingerprint density at radius 2 is 2.32 bits per heavy atom. The molecule has 0 spiro atoms. The molecule has 7 heteroatoms. The zero-order chi connectivity index (χ0) is 15.5. The molecule has 1 atom stereocenters. The van der Waals surface area contributed by atoms with Crippen LogP contribution in [0.2, 0.25) is 5.15 Å². The number of hydrogen-bond donors (Lipinski definition) is 1. The molecule has 3 rings (SSSR count). The Morgan fingerprint density at radius 1 is 1.45 bits per heavy atom. The van der Waals surface area contributed by atoms with Crippen molar-refractivity contribution >= 4 is 11.6 Å². The quantitative estimate of drug-likeness (QED) is 0.886. The molecule has 0 saturated carbocycles. The van der Waals surface area contributed by atoms with Crippen LogP contribution >= 0.6 is 11.6 Å². The van der Waals surface area contributed by atoms with Crippen LogP contribution in [0.5, 0.6) is 0 Å². The molecule has 0 bridgehead atoms. The minimum absolute atomic E-state index is 0.406. The monoisotopic (exact) mass is 322 g/mol. The lowest BCUT2D eigenvalue weighted by molar-refractivity contribution is 0.358. The number of hydrogen-bond acceptors (Lipinski definition) is 4. The van der Waals surface area contributed by atoms with Gasteiger partial charge in [-0.1, -0.05) is 24.9 Å². The number of unbranched alkanes of at least 4 members (excludes halogenated alkanes) is 1. The highest BCUT2D eigenvalue weighted by Gasteiger charge is 2.20. The number of nitrogens with zero attached hydrogens (tertiary/aromatic N) is 5. The van der Waals surface area contributed by atoms with Gasteiger partial charge in [-0.3, -0.25) is 4.68 Å². The average molecular weight is 323 g/mol. The Labute approximate surface area is 135 Å². The van der Waals surface area contributed by atoms with Gasteiger partial charge in [0.15, 0.2) is 0 Å². The lowest BCUT2D eigenvalue weighted by Crippen LogP contribution is -2.37. The lowest BCUT2D eigenvalue weighted by atomic mass is 10.1.